The molecule has 2 rings (SSSR count). The van der Waals surface area contributed by atoms with Crippen LogP contribution in [0.4, 0.5) is 4.39 Å². The highest BCUT2D eigenvalue weighted by molar-refractivity contribution is 9.10. The van der Waals surface area contributed by atoms with Crippen molar-refractivity contribution in [3.63, 3.8) is 0 Å². The molecule has 0 saturated heterocycles. The zero-order valence-electron chi connectivity index (χ0n) is 6.64. The summed E-state index contributed by atoms with van der Waals surface area (Å²) in [6.07, 6.45) is 1.63. The monoisotopic (exact) mass is 240 g/mol. The summed E-state index contributed by atoms with van der Waals surface area (Å²) in [6, 6.07) is 3.09. The SMILES string of the molecule is C=Cc1n[nH]c2cc(F)c(Br)cc12. The van der Waals surface area contributed by atoms with E-state index in [0.717, 1.165) is 11.1 Å². The molecule has 0 bridgehead atoms. The first-order chi connectivity index (χ1) is 6.22. The summed E-state index contributed by atoms with van der Waals surface area (Å²) in [5, 5.41) is 7.55. The van der Waals surface area contributed by atoms with E-state index in [4.69, 9.17) is 0 Å². The van der Waals surface area contributed by atoms with E-state index < -0.39 is 0 Å². The number of nitrogens with zero attached hydrogens (tertiary/aromatic N) is 1. The number of hydrogen-bond donors (Lipinski definition) is 1. The Morgan fingerprint density at radius 3 is 3.00 bits per heavy atom. The minimum atomic E-state index is -0.299. The summed E-state index contributed by atoms with van der Waals surface area (Å²) in [5.41, 5.74) is 1.41. The molecule has 0 saturated carbocycles. The van der Waals surface area contributed by atoms with Gasteiger partial charge >= 0.3 is 0 Å². The molecular weight excluding hydrogens is 235 g/mol. The molecule has 4 heteroatoms. The zero-order chi connectivity index (χ0) is 9.42. The van der Waals surface area contributed by atoms with Gasteiger partial charge in [-0.15, -0.1) is 0 Å². The lowest BCUT2D eigenvalue weighted by molar-refractivity contribution is 0.623. The number of hydrogen-bond acceptors (Lipinski definition) is 1. The van der Waals surface area contributed by atoms with Crippen LogP contribution in [0.25, 0.3) is 17.0 Å². The number of rotatable bonds is 1. The minimum absolute atomic E-state index is 0.299. The number of H-pyrrole nitrogens is 1. The Bertz CT molecular complexity index is 476. The third kappa shape index (κ3) is 1.27. The van der Waals surface area contributed by atoms with Gasteiger partial charge in [0.1, 0.15) is 5.82 Å². The molecule has 1 heterocycles. The Hall–Kier alpha value is -1.16. The Labute approximate surface area is 82.6 Å². The van der Waals surface area contributed by atoms with E-state index in [-0.39, 0.29) is 5.82 Å². The number of aromatic amines is 1. The molecule has 1 aromatic carbocycles. The van der Waals surface area contributed by atoms with Crippen LogP contribution >= 0.6 is 15.9 Å². The highest BCUT2D eigenvalue weighted by Crippen LogP contribution is 2.24. The predicted octanol–water partition coefficient (Wildman–Crippen LogP) is 3.11. The normalized spacial score (nSPS) is 10.6. The Morgan fingerprint density at radius 2 is 2.31 bits per heavy atom. The van der Waals surface area contributed by atoms with Crippen molar-refractivity contribution in [2.45, 2.75) is 0 Å². The second-order valence-electron chi connectivity index (χ2n) is 2.62. The quantitative estimate of drug-likeness (QED) is 0.816. The molecule has 0 aliphatic carbocycles. The average Bonchev–Trinajstić information content (AvgIpc) is 2.48. The number of nitrogens with one attached hydrogen (secondary N) is 1. The third-order valence-corrected chi connectivity index (χ3v) is 2.43. The molecule has 1 aromatic heterocycles. The molecule has 2 aromatic rings. The lowest BCUT2D eigenvalue weighted by Gasteiger charge is -1.94. The van der Waals surface area contributed by atoms with E-state index in [1.807, 2.05) is 0 Å². The maximum absolute atomic E-state index is 13.0. The summed E-state index contributed by atoms with van der Waals surface area (Å²) < 4.78 is 13.5. The predicted molar refractivity (Wildman–Crippen MR) is 53.8 cm³/mol. The summed E-state index contributed by atoms with van der Waals surface area (Å²) in [7, 11) is 0. The Kier molecular flexibility index (Phi) is 1.92. The van der Waals surface area contributed by atoms with E-state index >= 15 is 0 Å². The molecule has 1 N–H and O–H groups in total. The molecule has 0 unspecified atom stereocenters. The largest absolute Gasteiger partial charge is 0.277 e. The smallest absolute Gasteiger partial charge is 0.139 e. The van der Waals surface area contributed by atoms with E-state index in [2.05, 4.69) is 32.7 Å². The Morgan fingerprint density at radius 1 is 1.54 bits per heavy atom. The number of halogens is 2. The molecular formula is C9H6BrFN2. The van der Waals surface area contributed by atoms with Gasteiger partial charge < -0.3 is 0 Å². The van der Waals surface area contributed by atoms with Crippen LogP contribution in [-0.2, 0) is 0 Å². The third-order valence-electron chi connectivity index (χ3n) is 1.83. The van der Waals surface area contributed by atoms with Gasteiger partial charge in [-0.1, -0.05) is 6.58 Å². The van der Waals surface area contributed by atoms with Gasteiger partial charge in [0.05, 0.1) is 15.7 Å². The minimum Gasteiger partial charge on any atom is -0.277 e. The van der Waals surface area contributed by atoms with Crippen molar-refractivity contribution in [1.82, 2.24) is 10.2 Å². The van der Waals surface area contributed by atoms with Gasteiger partial charge in [-0.3, -0.25) is 5.10 Å². The number of fused-ring (bicyclic) bond motifs is 1. The fourth-order valence-corrected chi connectivity index (χ4v) is 1.53. The summed E-state index contributed by atoms with van der Waals surface area (Å²) >= 11 is 3.11. The van der Waals surface area contributed by atoms with E-state index in [9.17, 15) is 4.39 Å². The second-order valence-corrected chi connectivity index (χ2v) is 3.48. The maximum atomic E-state index is 13.0. The first kappa shape index (κ1) is 8.44. The molecule has 66 valence electrons. The van der Waals surface area contributed by atoms with E-state index in [1.165, 1.54) is 6.07 Å². The van der Waals surface area contributed by atoms with Crippen LogP contribution in [0.15, 0.2) is 23.2 Å². The van der Waals surface area contributed by atoms with Crippen LogP contribution in [0.5, 0.6) is 0 Å². The van der Waals surface area contributed by atoms with Gasteiger partial charge in [0.2, 0.25) is 0 Å². The van der Waals surface area contributed by atoms with E-state index in [0.29, 0.717) is 9.99 Å². The summed E-state index contributed by atoms with van der Waals surface area (Å²) in [6.45, 7) is 3.61. The van der Waals surface area contributed by atoms with Crippen LogP contribution in [0.2, 0.25) is 0 Å². The average molecular weight is 241 g/mol. The fraction of sp³-hybridized carbons (Fsp3) is 0. The van der Waals surface area contributed by atoms with Crippen molar-refractivity contribution in [3.05, 3.63) is 34.7 Å². The van der Waals surface area contributed by atoms with Gasteiger partial charge in [-0.05, 0) is 28.1 Å². The van der Waals surface area contributed by atoms with Gasteiger partial charge in [0.15, 0.2) is 0 Å². The van der Waals surface area contributed by atoms with Crippen LogP contribution in [0.1, 0.15) is 5.69 Å². The van der Waals surface area contributed by atoms with Crippen LogP contribution < -0.4 is 0 Å². The number of aromatic nitrogens is 2. The Balaban J connectivity index is 2.84. The van der Waals surface area contributed by atoms with Gasteiger partial charge in [0, 0.05) is 11.5 Å². The highest BCUT2D eigenvalue weighted by Gasteiger charge is 2.06. The summed E-state index contributed by atoms with van der Waals surface area (Å²) in [5.74, 6) is -0.299. The van der Waals surface area contributed by atoms with Crippen LogP contribution in [0, 0.1) is 5.82 Å². The summed E-state index contributed by atoms with van der Waals surface area (Å²) in [4.78, 5) is 0. The first-order valence-corrected chi connectivity index (χ1v) is 4.47. The molecule has 13 heavy (non-hydrogen) atoms. The van der Waals surface area contributed by atoms with Crippen molar-refractivity contribution in [1.29, 1.82) is 0 Å². The number of benzene rings is 1. The fourth-order valence-electron chi connectivity index (χ4n) is 1.19. The molecule has 0 atom stereocenters. The van der Waals surface area contributed by atoms with Crippen LogP contribution in [-0.4, -0.2) is 10.2 Å². The standard InChI is InChI=1S/C9H6BrFN2/c1-2-8-5-3-6(10)7(11)4-9(5)13-12-8/h2-4H,1H2,(H,12,13). The van der Waals surface area contributed by atoms with Gasteiger partial charge in [-0.2, -0.15) is 5.10 Å². The van der Waals surface area contributed by atoms with Crippen molar-refractivity contribution < 1.29 is 4.39 Å². The van der Waals surface area contributed by atoms with Crippen molar-refractivity contribution in [3.8, 4) is 0 Å². The zero-order valence-corrected chi connectivity index (χ0v) is 8.23. The molecule has 0 spiro atoms. The molecule has 0 radical (unpaired) electrons. The topological polar surface area (TPSA) is 28.7 Å². The lowest BCUT2D eigenvalue weighted by Crippen LogP contribution is -1.77. The molecule has 0 fully saturated rings. The van der Waals surface area contributed by atoms with Crippen molar-refractivity contribution >= 4 is 32.9 Å². The molecule has 2 nitrogen and oxygen atoms in total. The first-order valence-electron chi connectivity index (χ1n) is 3.68. The molecule has 0 aliphatic heterocycles. The van der Waals surface area contributed by atoms with Crippen LogP contribution in [0.3, 0.4) is 0 Å². The van der Waals surface area contributed by atoms with Crippen molar-refractivity contribution in [2.24, 2.45) is 0 Å². The van der Waals surface area contributed by atoms with E-state index in [1.54, 1.807) is 12.1 Å². The molecule has 0 amide bonds. The lowest BCUT2D eigenvalue weighted by atomic mass is 10.2. The molecule has 0 aliphatic rings. The van der Waals surface area contributed by atoms with Crippen molar-refractivity contribution in [2.75, 3.05) is 0 Å². The second kappa shape index (κ2) is 2.96. The van der Waals surface area contributed by atoms with Gasteiger partial charge in [0.25, 0.3) is 0 Å². The maximum Gasteiger partial charge on any atom is 0.139 e. The highest BCUT2D eigenvalue weighted by atomic mass is 79.9. The van der Waals surface area contributed by atoms with Gasteiger partial charge in [-0.25, -0.2) is 4.39 Å².